The van der Waals surface area contributed by atoms with Crippen LogP contribution in [0, 0.1) is 12.3 Å². The fourth-order valence-electron chi connectivity index (χ4n) is 1.68. The predicted molar refractivity (Wildman–Crippen MR) is 76.7 cm³/mol. The summed E-state index contributed by atoms with van der Waals surface area (Å²) in [6.45, 7) is 3.29. The van der Waals surface area contributed by atoms with E-state index in [1.165, 1.54) is 5.56 Å². The molecule has 0 aromatic heterocycles. The van der Waals surface area contributed by atoms with Gasteiger partial charge in [0.25, 0.3) is 0 Å². The highest BCUT2D eigenvalue weighted by atomic mass is 16.1. The lowest BCUT2D eigenvalue weighted by atomic mass is 10.1. The van der Waals surface area contributed by atoms with Crippen molar-refractivity contribution in [2.75, 3.05) is 6.54 Å². The number of aryl methyl sites for hydroxylation is 1. The van der Waals surface area contributed by atoms with Crippen LogP contribution in [0.2, 0.25) is 0 Å². The van der Waals surface area contributed by atoms with Crippen molar-refractivity contribution in [2.45, 2.75) is 32.4 Å². The Morgan fingerprint density at radius 1 is 1.42 bits per heavy atom. The molecule has 0 aliphatic rings. The summed E-state index contributed by atoms with van der Waals surface area (Å²) in [6, 6.07) is 7.90. The summed E-state index contributed by atoms with van der Waals surface area (Å²) >= 11 is 0. The lowest BCUT2D eigenvalue weighted by molar-refractivity contribution is 0.492. The Balaban J connectivity index is 2.26. The molecule has 0 bridgehead atoms. The summed E-state index contributed by atoms with van der Waals surface area (Å²) < 4.78 is 0. The highest BCUT2D eigenvalue weighted by Crippen LogP contribution is 2.03. The second kappa shape index (κ2) is 8.26. The largest absolute Gasteiger partial charge is 0.370 e. The summed E-state index contributed by atoms with van der Waals surface area (Å²) in [5.41, 5.74) is 7.53. The number of nitrogens with two attached hydrogens (primary N) is 1. The predicted octanol–water partition coefficient (Wildman–Crippen LogP) is 0.826. The van der Waals surface area contributed by atoms with E-state index in [2.05, 4.69) is 10.6 Å². The number of hydrogen-bond acceptors (Lipinski definition) is 3. The number of carbonyl (C=O) groups excluding carboxylic acids is 1. The van der Waals surface area contributed by atoms with Crippen LogP contribution in [0.25, 0.3) is 0 Å². The van der Waals surface area contributed by atoms with Crippen LogP contribution in [-0.2, 0) is 11.3 Å². The monoisotopic (exact) mass is 261 g/mol. The number of guanidine groups is 1. The van der Waals surface area contributed by atoms with E-state index >= 15 is 0 Å². The molecule has 0 spiro atoms. The third kappa shape index (κ3) is 6.57. The van der Waals surface area contributed by atoms with Crippen LogP contribution < -0.4 is 16.4 Å². The van der Waals surface area contributed by atoms with Crippen molar-refractivity contribution in [3.8, 4) is 0 Å². The maximum absolute atomic E-state index is 10.8. The summed E-state index contributed by atoms with van der Waals surface area (Å²) in [6.07, 6.45) is 3.44. The topological polar surface area (TPSA) is 91.0 Å². The van der Waals surface area contributed by atoms with Crippen molar-refractivity contribution in [1.82, 2.24) is 10.6 Å². The molecule has 0 fully saturated rings. The van der Waals surface area contributed by atoms with E-state index in [1.807, 2.05) is 37.5 Å². The minimum absolute atomic E-state index is 0.0424. The maximum atomic E-state index is 10.8. The lowest BCUT2D eigenvalue weighted by Gasteiger charge is -2.12. The van der Waals surface area contributed by atoms with Crippen LogP contribution in [-0.4, -0.2) is 24.8 Å². The van der Waals surface area contributed by atoms with Gasteiger partial charge in [-0.1, -0.05) is 29.8 Å². The van der Waals surface area contributed by atoms with Gasteiger partial charge >= 0.3 is 0 Å². The van der Waals surface area contributed by atoms with E-state index in [-0.39, 0.29) is 12.0 Å². The normalized spacial score (nSPS) is 11.8. The van der Waals surface area contributed by atoms with Gasteiger partial charge in [0.1, 0.15) is 0 Å². The SMILES string of the molecule is Cc1ccc(CN[C@H]([C]=O)CCCNC(=N)N)cc1. The van der Waals surface area contributed by atoms with Gasteiger partial charge in [0.15, 0.2) is 5.96 Å². The lowest BCUT2D eigenvalue weighted by Crippen LogP contribution is -2.34. The molecule has 1 radical (unpaired) electrons. The third-order valence-electron chi connectivity index (χ3n) is 2.80. The van der Waals surface area contributed by atoms with Crippen molar-refractivity contribution in [1.29, 1.82) is 5.41 Å². The van der Waals surface area contributed by atoms with E-state index in [1.54, 1.807) is 0 Å². The Kier molecular flexibility index (Phi) is 6.60. The molecule has 103 valence electrons. The summed E-state index contributed by atoms with van der Waals surface area (Å²) in [4.78, 5) is 10.8. The second-order valence-corrected chi connectivity index (χ2v) is 4.52. The molecule has 5 nitrogen and oxygen atoms in total. The average molecular weight is 261 g/mol. The molecule has 0 saturated carbocycles. The van der Waals surface area contributed by atoms with Crippen LogP contribution >= 0.6 is 0 Å². The zero-order valence-corrected chi connectivity index (χ0v) is 11.2. The van der Waals surface area contributed by atoms with Crippen LogP contribution in [0.15, 0.2) is 24.3 Å². The van der Waals surface area contributed by atoms with E-state index in [4.69, 9.17) is 11.1 Å². The first-order valence-electron chi connectivity index (χ1n) is 6.36. The standard InChI is InChI=1S/C14H21N4O/c1-11-4-6-12(7-5-11)9-18-13(10-19)3-2-8-17-14(15)16/h4-7,13,18H,2-3,8-9H2,1H3,(H4,15,16,17)/t13-/m0/s1. The van der Waals surface area contributed by atoms with E-state index in [0.717, 1.165) is 12.0 Å². The van der Waals surface area contributed by atoms with Gasteiger partial charge in [0, 0.05) is 13.1 Å². The number of rotatable bonds is 8. The molecule has 0 heterocycles. The van der Waals surface area contributed by atoms with Gasteiger partial charge in [-0.05, 0) is 25.3 Å². The molecule has 0 aliphatic heterocycles. The molecular weight excluding hydrogens is 240 g/mol. The summed E-state index contributed by atoms with van der Waals surface area (Å²) in [7, 11) is 0. The first-order valence-corrected chi connectivity index (χ1v) is 6.36. The van der Waals surface area contributed by atoms with Crippen LogP contribution in [0.1, 0.15) is 24.0 Å². The van der Waals surface area contributed by atoms with E-state index in [0.29, 0.717) is 19.5 Å². The Labute approximate surface area is 114 Å². The first kappa shape index (κ1) is 15.2. The molecule has 5 heteroatoms. The minimum Gasteiger partial charge on any atom is -0.370 e. The minimum atomic E-state index is -0.282. The molecule has 0 saturated heterocycles. The zero-order valence-electron chi connectivity index (χ0n) is 11.2. The molecule has 0 unspecified atom stereocenters. The molecule has 19 heavy (non-hydrogen) atoms. The maximum Gasteiger partial charge on any atom is 0.216 e. The highest BCUT2D eigenvalue weighted by molar-refractivity contribution is 5.74. The van der Waals surface area contributed by atoms with Crippen LogP contribution in [0.3, 0.4) is 0 Å². The smallest absolute Gasteiger partial charge is 0.216 e. The Bertz CT molecular complexity index is 402. The fraction of sp³-hybridized carbons (Fsp3) is 0.429. The Morgan fingerprint density at radius 3 is 2.68 bits per heavy atom. The number of benzene rings is 1. The van der Waals surface area contributed by atoms with Crippen LogP contribution in [0.4, 0.5) is 0 Å². The van der Waals surface area contributed by atoms with Crippen molar-refractivity contribution < 1.29 is 4.79 Å². The summed E-state index contributed by atoms with van der Waals surface area (Å²) in [5.74, 6) is -0.0424. The Hall–Kier alpha value is -1.88. The van der Waals surface area contributed by atoms with Gasteiger partial charge in [-0.25, -0.2) is 0 Å². The molecular formula is C14H21N4O. The summed E-state index contributed by atoms with van der Waals surface area (Å²) in [5, 5.41) is 12.9. The molecule has 1 rings (SSSR count). The fourth-order valence-corrected chi connectivity index (χ4v) is 1.68. The number of nitrogens with one attached hydrogen (secondary N) is 3. The second-order valence-electron chi connectivity index (χ2n) is 4.52. The van der Waals surface area contributed by atoms with Gasteiger partial charge in [-0.2, -0.15) is 0 Å². The molecule has 1 aromatic rings. The van der Waals surface area contributed by atoms with Gasteiger partial charge in [-0.3, -0.25) is 10.2 Å². The van der Waals surface area contributed by atoms with Crippen molar-refractivity contribution in [3.05, 3.63) is 35.4 Å². The highest BCUT2D eigenvalue weighted by Gasteiger charge is 2.07. The molecule has 0 aliphatic carbocycles. The van der Waals surface area contributed by atoms with Crippen molar-refractivity contribution in [2.24, 2.45) is 5.73 Å². The first-order chi connectivity index (χ1) is 9.11. The Morgan fingerprint density at radius 2 is 2.11 bits per heavy atom. The van der Waals surface area contributed by atoms with E-state index < -0.39 is 0 Å². The van der Waals surface area contributed by atoms with Gasteiger partial charge in [0.05, 0.1) is 6.04 Å². The van der Waals surface area contributed by atoms with Gasteiger partial charge in [0.2, 0.25) is 6.29 Å². The molecule has 1 aromatic carbocycles. The average Bonchev–Trinajstić information content (AvgIpc) is 2.39. The van der Waals surface area contributed by atoms with Gasteiger partial charge in [-0.15, -0.1) is 0 Å². The van der Waals surface area contributed by atoms with Crippen molar-refractivity contribution >= 4 is 12.2 Å². The van der Waals surface area contributed by atoms with Crippen LogP contribution in [0.5, 0.6) is 0 Å². The van der Waals surface area contributed by atoms with Gasteiger partial charge < -0.3 is 16.4 Å². The third-order valence-corrected chi connectivity index (χ3v) is 2.80. The number of hydrogen-bond donors (Lipinski definition) is 4. The van der Waals surface area contributed by atoms with E-state index in [9.17, 15) is 4.79 Å². The molecule has 1 atom stereocenters. The molecule has 0 amide bonds. The quantitative estimate of drug-likeness (QED) is 0.317. The van der Waals surface area contributed by atoms with Crippen molar-refractivity contribution in [3.63, 3.8) is 0 Å². The molecule has 5 N–H and O–H groups in total. The zero-order chi connectivity index (χ0) is 14.1.